The van der Waals surface area contributed by atoms with Crippen molar-refractivity contribution in [1.29, 1.82) is 0 Å². The first-order valence-corrected chi connectivity index (χ1v) is 20.0. The highest BCUT2D eigenvalue weighted by Crippen LogP contribution is 2.44. The number of ether oxygens (including phenoxy) is 3. The lowest BCUT2D eigenvalue weighted by molar-refractivity contribution is -0.173. The van der Waals surface area contributed by atoms with Crippen molar-refractivity contribution in [3.8, 4) is 34.4 Å². The fourth-order valence-corrected chi connectivity index (χ4v) is 7.91. The molecule has 0 aliphatic carbocycles. The van der Waals surface area contributed by atoms with Crippen LogP contribution in [0.25, 0.3) is 22.5 Å². The summed E-state index contributed by atoms with van der Waals surface area (Å²) < 4.78 is 16.8. The van der Waals surface area contributed by atoms with Gasteiger partial charge in [-0.1, -0.05) is 70.7 Å². The van der Waals surface area contributed by atoms with Gasteiger partial charge in [0.15, 0.2) is 0 Å². The Morgan fingerprint density at radius 1 is 0.825 bits per heavy atom. The van der Waals surface area contributed by atoms with Crippen molar-refractivity contribution < 1.29 is 28.6 Å². The lowest BCUT2D eigenvalue weighted by Crippen LogP contribution is -2.54. The number of imidazole rings is 2. The first kappa shape index (κ1) is 39.8. The SMILES string of the molecule is COC(=O)N[C@H](C(=O)N1CCC[C@H]1c1ncc(-c2ccc(C#Cc3ccc(-c4cnc([C@@H]5COC6(CCOCC6)N5C(=O)[C@@H](C)C(C)C)[nH]4)cc3)cc2)[nH]1)C(C)C. The number of carbonyl (C=O) groups excluding carboxylic acids is 3. The molecule has 13 heteroatoms. The van der Waals surface area contributed by atoms with E-state index in [0.717, 1.165) is 58.1 Å². The molecule has 0 bridgehead atoms. The summed E-state index contributed by atoms with van der Waals surface area (Å²) in [6.45, 7) is 12.1. The van der Waals surface area contributed by atoms with Crippen molar-refractivity contribution in [2.75, 3.05) is 33.5 Å². The third kappa shape index (κ3) is 8.34. The number of H-pyrrole nitrogens is 2. The van der Waals surface area contributed by atoms with E-state index in [1.54, 1.807) is 11.1 Å². The van der Waals surface area contributed by atoms with E-state index in [-0.39, 0.29) is 41.7 Å². The molecule has 1 spiro atoms. The largest absolute Gasteiger partial charge is 0.453 e. The summed E-state index contributed by atoms with van der Waals surface area (Å²) in [4.78, 5) is 59.4. The third-order valence-corrected chi connectivity index (χ3v) is 11.7. The number of hydrogen-bond acceptors (Lipinski definition) is 8. The molecule has 3 N–H and O–H groups in total. The van der Waals surface area contributed by atoms with E-state index in [1.807, 2.05) is 80.4 Å². The van der Waals surface area contributed by atoms with Gasteiger partial charge in [-0.05, 0) is 60.1 Å². The van der Waals surface area contributed by atoms with Gasteiger partial charge < -0.3 is 39.3 Å². The van der Waals surface area contributed by atoms with Crippen molar-refractivity contribution in [2.24, 2.45) is 17.8 Å². The fourth-order valence-electron chi connectivity index (χ4n) is 7.91. The maximum atomic E-state index is 13.9. The number of amides is 3. The summed E-state index contributed by atoms with van der Waals surface area (Å²) in [7, 11) is 1.29. The van der Waals surface area contributed by atoms with Gasteiger partial charge >= 0.3 is 6.09 Å². The number of alkyl carbamates (subject to hydrolysis) is 1. The van der Waals surface area contributed by atoms with Gasteiger partial charge in [-0.2, -0.15) is 0 Å². The van der Waals surface area contributed by atoms with Gasteiger partial charge in [0.05, 0.1) is 56.8 Å². The van der Waals surface area contributed by atoms with E-state index in [1.165, 1.54) is 7.11 Å². The highest BCUT2D eigenvalue weighted by Gasteiger charge is 2.53. The number of methoxy groups -OCH3 is 1. The van der Waals surface area contributed by atoms with Crippen LogP contribution < -0.4 is 5.32 Å². The molecule has 0 unspecified atom stereocenters. The molecule has 300 valence electrons. The van der Waals surface area contributed by atoms with E-state index in [2.05, 4.69) is 46.0 Å². The minimum atomic E-state index is -0.684. The molecule has 3 aliphatic rings. The highest BCUT2D eigenvalue weighted by molar-refractivity contribution is 5.86. The van der Waals surface area contributed by atoms with Crippen molar-refractivity contribution in [3.63, 3.8) is 0 Å². The predicted molar refractivity (Wildman–Crippen MR) is 214 cm³/mol. The molecular weight excluding hydrogens is 723 g/mol. The monoisotopic (exact) mass is 775 g/mol. The smallest absolute Gasteiger partial charge is 0.407 e. The van der Waals surface area contributed by atoms with Crippen LogP contribution in [0.2, 0.25) is 0 Å². The molecule has 2 aromatic carbocycles. The van der Waals surface area contributed by atoms with E-state index in [9.17, 15) is 14.4 Å². The van der Waals surface area contributed by atoms with Crippen LogP contribution in [0.1, 0.15) is 95.2 Å². The van der Waals surface area contributed by atoms with Crippen LogP contribution in [0, 0.1) is 29.6 Å². The Bertz CT molecular complexity index is 2110. The Labute approximate surface area is 334 Å². The normalized spacial score (nSPS) is 20.1. The zero-order chi connectivity index (χ0) is 40.3. The van der Waals surface area contributed by atoms with Gasteiger partial charge in [-0.15, -0.1) is 0 Å². The van der Waals surface area contributed by atoms with Gasteiger partial charge in [-0.25, -0.2) is 14.8 Å². The second-order valence-corrected chi connectivity index (χ2v) is 15.9. The van der Waals surface area contributed by atoms with Gasteiger partial charge in [0.25, 0.3) is 0 Å². The van der Waals surface area contributed by atoms with Crippen LogP contribution >= 0.6 is 0 Å². The first-order chi connectivity index (χ1) is 27.5. The molecule has 4 aromatic rings. The van der Waals surface area contributed by atoms with Crippen LogP contribution in [0.3, 0.4) is 0 Å². The second kappa shape index (κ2) is 17.0. The lowest BCUT2D eigenvalue weighted by Gasteiger charge is -2.42. The quantitative estimate of drug-likeness (QED) is 0.161. The molecule has 0 radical (unpaired) electrons. The van der Waals surface area contributed by atoms with E-state index in [0.29, 0.717) is 39.2 Å². The minimum Gasteiger partial charge on any atom is -0.453 e. The average molecular weight is 776 g/mol. The zero-order valence-electron chi connectivity index (χ0n) is 33.6. The standard InChI is InChI=1S/C44H53N7O6/c1-27(2)29(5)41(52)51-37(26-57-44(51)19-22-56-23-20-44)40-46-25-35(48-40)33-17-13-31(14-18-33)10-9-30-11-15-32(16-12-30)34-24-45-39(47-34)36-8-7-21-50(36)42(53)38(28(3)4)49-43(54)55-6/h11-18,24-25,27-29,36-38H,7-8,19-23,26H2,1-6H3,(H,45,47)(H,46,48)(H,49,54)/t29-,36-,37-,38-/m0/s1. The van der Waals surface area contributed by atoms with Crippen LogP contribution in [0.5, 0.6) is 0 Å². The van der Waals surface area contributed by atoms with Crippen LogP contribution in [0.15, 0.2) is 60.9 Å². The summed E-state index contributed by atoms with van der Waals surface area (Å²) in [6, 6.07) is 14.8. The number of carbonyl (C=O) groups is 3. The van der Waals surface area contributed by atoms with Crippen LogP contribution in [0.4, 0.5) is 4.79 Å². The molecule has 3 saturated heterocycles. The van der Waals surface area contributed by atoms with Gasteiger partial charge in [0, 0.05) is 36.4 Å². The van der Waals surface area contributed by atoms with E-state index >= 15 is 0 Å². The number of nitrogens with zero attached hydrogens (tertiary/aromatic N) is 4. The highest BCUT2D eigenvalue weighted by atomic mass is 16.5. The second-order valence-electron chi connectivity index (χ2n) is 15.9. The number of aromatic nitrogens is 4. The fraction of sp³-hybridized carbons (Fsp3) is 0.477. The van der Waals surface area contributed by atoms with Crippen molar-refractivity contribution in [2.45, 2.75) is 84.2 Å². The molecule has 5 heterocycles. The maximum absolute atomic E-state index is 13.9. The molecule has 7 rings (SSSR count). The maximum Gasteiger partial charge on any atom is 0.407 e. The van der Waals surface area contributed by atoms with Crippen LogP contribution in [-0.2, 0) is 23.8 Å². The summed E-state index contributed by atoms with van der Waals surface area (Å²) >= 11 is 0. The van der Waals surface area contributed by atoms with Gasteiger partial charge in [0.1, 0.15) is 29.5 Å². The third-order valence-electron chi connectivity index (χ3n) is 11.7. The minimum absolute atomic E-state index is 0.0919. The number of aromatic amines is 2. The van der Waals surface area contributed by atoms with E-state index < -0.39 is 17.9 Å². The molecule has 57 heavy (non-hydrogen) atoms. The summed E-state index contributed by atoms with van der Waals surface area (Å²) in [6.07, 6.45) is 5.92. The Hall–Kier alpha value is -5.45. The van der Waals surface area contributed by atoms with Gasteiger partial charge in [0.2, 0.25) is 11.8 Å². The number of nitrogens with one attached hydrogen (secondary N) is 3. The summed E-state index contributed by atoms with van der Waals surface area (Å²) in [5, 5.41) is 2.69. The Balaban J connectivity index is 0.996. The molecule has 3 fully saturated rings. The Kier molecular flexibility index (Phi) is 11.8. The number of hydrogen-bond donors (Lipinski definition) is 3. The molecule has 3 aliphatic heterocycles. The number of likely N-dealkylation sites (tertiary alicyclic amines) is 1. The van der Waals surface area contributed by atoms with E-state index in [4.69, 9.17) is 19.2 Å². The van der Waals surface area contributed by atoms with Gasteiger partial charge in [-0.3, -0.25) is 9.59 Å². The number of rotatable bonds is 9. The first-order valence-electron chi connectivity index (χ1n) is 20.0. The summed E-state index contributed by atoms with van der Waals surface area (Å²) in [5.41, 5.74) is 4.73. The molecular formula is C44H53N7O6. The Morgan fingerprint density at radius 3 is 1.91 bits per heavy atom. The topological polar surface area (TPSA) is 155 Å². The van der Waals surface area contributed by atoms with Crippen LogP contribution in [-0.4, -0.2) is 92.9 Å². The summed E-state index contributed by atoms with van der Waals surface area (Å²) in [5.74, 6) is 7.89. The molecule has 3 amide bonds. The van der Waals surface area contributed by atoms with Crippen molar-refractivity contribution in [3.05, 3.63) is 83.7 Å². The average Bonchev–Trinajstić information content (AvgIpc) is 4.06. The molecule has 4 atom stereocenters. The lowest BCUT2D eigenvalue weighted by atomic mass is 9.93. The molecule has 13 nitrogen and oxygen atoms in total. The zero-order valence-corrected chi connectivity index (χ0v) is 33.6. The molecule has 0 saturated carbocycles. The predicted octanol–water partition coefficient (Wildman–Crippen LogP) is 6.61. The Morgan fingerprint density at radius 2 is 1.39 bits per heavy atom. The van der Waals surface area contributed by atoms with Crippen molar-refractivity contribution in [1.82, 2.24) is 35.1 Å². The molecule has 2 aromatic heterocycles. The van der Waals surface area contributed by atoms with Crippen molar-refractivity contribution >= 4 is 17.9 Å². The number of benzene rings is 2.